The molecule has 2 N–H and O–H groups in total. The highest BCUT2D eigenvalue weighted by molar-refractivity contribution is 14.0. The summed E-state index contributed by atoms with van der Waals surface area (Å²) in [6.07, 6.45) is 6.14. The summed E-state index contributed by atoms with van der Waals surface area (Å²) in [5, 5.41) is 6.80. The minimum Gasteiger partial charge on any atom is -0.381 e. The number of ether oxygens (including phenoxy) is 2. The topological polar surface area (TPSA) is 58.1 Å². The maximum absolute atomic E-state index is 5.79. The highest BCUT2D eigenvalue weighted by Crippen LogP contribution is 2.17. The van der Waals surface area contributed by atoms with Crippen LogP contribution in [0.4, 0.5) is 0 Å². The lowest BCUT2D eigenvalue weighted by Crippen LogP contribution is -2.38. The molecule has 2 fully saturated rings. The van der Waals surface area contributed by atoms with Gasteiger partial charge in [-0.05, 0) is 56.8 Å². The fraction of sp³-hybridized carbons (Fsp3) is 0.708. The first kappa shape index (κ1) is 26.4. The number of likely N-dealkylation sites (tertiary alicyclic amines) is 1. The van der Waals surface area contributed by atoms with Crippen LogP contribution in [0.2, 0.25) is 0 Å². The average molecular weight is 545 g/mol. The van der Waals surface area contributed by atoms with E-state index in [0.717, 1.165) is 64.9 Å². The van der Waals surface area contributed by atoms with Crippen LogP contribution in [-0.4, -0.2) is 63.5 Å². The van der Waals surface area contributed by atoms with Crippen LogP contribution in [0.5, 0.6) is 0 Å². The van der Waals surface area contributed by atoms with Crippen molar-refractivity contribution in [2.45, 2.75) is 52.1 Å². The Morgan fingerprint density at radius 1 is 1.16 bits per heavy atom. The van der Waals surface area contributed by atoms with Gasteiger partial charge in [0.2, 0.25) is 0 Å². The van der Waals surface area contributed by atoms with Gasteiger partial charge < -0.3 is 20.1 Å². The number of nitrogens with one attached hydrogen (secondary N) is 2. The van der Waals surface area contributed by atoms with Gasteiger partial charge in [0.25, 0.3) is 0 Å². The Labute approximate surface area is 205 Å². The fourth-order valence-electron chi connectivity index (χ4n) is 4.08. The second-order valence-corrected chi connectivity index (χ2v) is 8.39. The molecule has 1 aromatic carbocycles. The van der Waals surface area contributed by atoms with E-state index in [2.05, 4.69) is 46.7 Å². The van der Waals surface area contributed by atoms with Crippen molar-refractivity contribution < 1.29 is 9.47 Å². The first-order valence-corrected chi connectivity index (χ1v) is 11.8. The Bertz CT molecular complexity index is 632. The number of halogens is 1. The Morgan fingerprint density at radius 2 is 1.97 bits per heavy atom. The minimum absolute atomic E-state index is 0. The molecule has 0 bridgehead atoms. The van der Waals surface area contributed by atoms with Gasteiger partial charge in [-0.25, -0.2) is 4.99 Å². The van der Waals surface area contributed by atoms with E-state index in [1.165, 1.54) is 43.5 Å². The lowest BCUT2D eigenvalue weighted by atomic mass is 10.1. The summed E-state index contributed by atoms with van der Waals surface area (Å²) in [7, 11) is 0. The summed E-state index contributed by atoms with van der Waals surface area (Å²) >= 11 is 0. The lowest BCUT2D eigenvalue weighted by Gasteiger charge is -2.27. The molecule has 3 rings (SSSR count). The van der Waals surface area contributed by atoms with Crippen molar-refractivity contribution in [3.05, 3.63) is 35.4 Å². The molecule has 0 spiro atoms. The third kappa shape index (κ3) is 10.1. The largest absolute Gasteiger partial charge is 0.381 e. The molecule has 176 valence electrons. The van der Waals surface area contributed by atoms with E-state index in [1.54, 1.807) is 0 Å². The van der Waals surface area contributed by atoms with Crippen LogP contribution in [0, 0.1) is 5.92 Å². The highest BCUT2D eigenvalue weighted by Gasteiger charge is 2.15. The SMILES string of the molecule is CCNC(=NCc1ccccc1CN1CCCCC1)NCCCOCC1CCOC1.I. The first-order valence-electron chi connectivity index (χ1n) is 11.8. The lowest BCUT2D eigenvalue weighted by molar-refractivity contribution is 0.0888. The van der Waals surface area contributed by atoms with Crippen LogP contribution in [0.1, 0.15) is 50.2 Å². The summed E-state index contributed by atoms with van der Waals surface area (Å²) in [5.41, 5.74) is 2.73. The van der Waals surface area contributed by atoms with E-state index < -0.39 is 0 Å². The summed E-state index contributed by atoms with van der Waals surface area (Å²) < 4.78 is 11.2. The molecule has 0 aliphatic carbocycles. The van der Waals surface area contributed by atoms with Crippen molar-refractivity contribution in [2.75, 3.05) is 52.6 Å². The third-order valence-electron chi connectivity index (χ3n) is 5.85. The molecule has 1 unspecified atom stereocenters. The van der Waals surface area contributed by atoms with Crippen molar-refractivity contribution in [3.63, 3.8) is 0 Å². The summed E-state index contributed by atoms with van der Waals surface area (Å²) in [6.45, 7) is 11.4. The van der Waals surface area contributed by atoms with Crippen LogP contribution >= 0.6 is 24.0 Å². The Morgan fingerprint density at radius 3 is 2.71 bits per heavy atom. The Kier molecular flexibility index (Phi) is 13.5. The summed E-state index contributed by atoms with van der Waals surface area (Å²) in [5.74, 6) is 1.47. The van der Waals surface area contributed by atoms with Gasteiger partial charge in [0.15, 0.2) is 5.96 Å². The van der Waals surface area contributed by atoms with Gasteiger partial charge in [-0.15, -0.1) is 24.0 Å². The Balaban J connectivity index is 0.00000341. The number of aliphatic imine (C=N–C) groups is 1. The van der Waals surface area contributed by atoms with Crippen molar-refractivity contribution in [3.8, 4) is 0 Å². The van der Waals surface area contributed by atoms with Gasteiger partial charge in [-0.2, -0.15) is 0 Å². The highest BCUT2D eigenvalue weighted by atomic mass is 127. The molecule has 31 heavy (non-hydrogen) atoms. The molecule has 0 radical (unpaired) electrons. The molecule has 2 aliphatic heterocycles. The molecule has 0 amide bonds. The standard InChI is InChI=1S/C24H40N4O2.HI/c1-2-25-24(26-12-8-15-29-19-21-11-16-30-20-21)27-17-22-9-4-5-10-23(22)18-28-13-6-3-7-14-28;/h4-5,9-10,21H,2-3,6-8,11-20H2,1H3,(H2,25,26,27);1H. The van der Waals surface area contributed by atoms with Gasteiger partial charge >= 0.3 is 0 Å². The fourth-order valence-corrected chi connectivity index (χ4v) is 4.08. The monoisotopic (exact) mass is 544 g/mol. The predicted molar refractivity (Wildman–Crippen MR) is 138 cm³/mol. The quantitative estimate of drug-likeness (QED) is 0.192. The molecular formula is C24H41IN4O2. The number of benzene rings is 1. The number of hydrogen-bond donors (Lipinski definition) is 2. The van der Waals surface area contributed by atoms with Crippen molar-refractivity contribution in [2.24, 2.45) is 10.9 Å². The number of piperidine rings is 1. The molecule has 2 saturated heterocycles. The van der Waals surface area contributed by atoms with Gasteiger partial charge in [0, 0.05) is 38.8 Å². The van der Waals surface area contributed by atoms with Crippen molar-refractivity contribution in [1.82, 2.24) is 15.5 Å². The molecule has 7 heteroatoms. The van der Waals surface area contributed by atoms with E-state index in [9.17, 15) is 0 Å². The number of hydrogen-bond acceptors (Lipinski definition) is 4. The normalized spacial score (nSPS) is 19.8. The van der Waals surface area contributed by atoms with Crippen LogP contribution < -0.4 is 10.6 Å². The van der Waals surface area contributed by atoms with Crippen LogP contribution in [0.15, 0.2) is 29.3 Å². The predicted octanol–water partition coefficient (Wildman–Crippen LogP) is 3.79. The first-order chi connectivity index (χ1) is 14.8. The smallest absolute Gasteiger partial charge is 0.191 e. The average Bonchev–Trinajstić information content (AvgIpc) is 3.29. The second-order valence-electron chi connectivity index (χ2n) is 8.39. The van der Waals surface area contributed by atoms with Gasteiger partial charge in [0.05, 0.1) is 19.8 Å². The van der Waals surface area contributed by atoms with E-state index in [1.807, 2.05) is 0 Å². The van der Waals surface area contributed by atoms with E-state index in [4.69, 9.17) is 14.5 Å². The van der Waals surface area contributed by atoms with Crippen molar-refractivity contribution in [1.29, 1.82) is 0 Å². The van der Waals surface area contributed by atoms with Crippen LogP contribution in [-0.2, 0) is 22.6 Å². The van der Waals surface area contributed by atoms with E-state index >= 15 is 0 Å². The maximum Gasteiger partial charge on any atom is 0.191 e. The number of rotatable bonds is 11. The zero-order chi connectivity index (χ0) is 20.9. The molecule has 2 aliphatic rings. The van der Waals surface area contributed by atoms with Crippen LogP contribution in [0.25, 0.3) is 0 Å². The zero-order valence-corrected chi connectivity index (χ0v) is 21.4. The molecule has 1 atom stereocenters. The zero-order valence-electron chi connectivity index (χ0n) is 19.1. The summed E-state index contributed by atoms with van der Waals surface area (Å²) in [6, 6.07) is 8.74. The summed E-state index contributed by atoms with van der Waals surface area (Å²) in [4.78, 5) is 7.41. The van der Waals surface area contributed by atoms with Crippen LogP contribution in [0.3, 0.4) is 0 Å². The Hall–Kier alpha value is -0.900. The van der Waals surface area contributed by atoms with Crippen molar-refractivity contribution >= 4 is 29.9 Å². The second kappa shape index (κ2) is 15.8. The number of nitrogens with zero attached hydrogens (tertiary/aromatic N) is 2. The van der Waals surface area contributed by atoms with E-state index in [-0.39, 0.29) is 24.0 Å². The third-order valence-corrected chi connectivity index (χ3v) is 5.85. The molecule has 2 heterocycles. The molecule has 0 aromatic heterocycles. The van der Waals surface area contributed by atoms with Gasteiger partial charge in [-0.3, -0.25) is 4.90 Å². The van der Waals surface area contributed by atoms with Gasteiger partial charge in [-0.1, -0.05) is 30.7 Å². The van der Waals surface area contributed by atoms with Gasteiger partial charge in [0.1, 0.15) is 0 Å². The maximum atomic E-state index is 5.79. The molecule has 0 saturated carbocycles. The van der Waals surface area contributed by atoms with E-state index in [0.29, 0.717) is 12.5 Å². The molecule has 1 aromatic rings. The molecular weight excluding hydrogens is 503 g/mol. The number of guanidine groups is 1. The molecule has 6 nitrogen and oxygen atoms in total. The minimum atomic E-state index is 0.